The minimum absolute atomic E-state index is 0.103. The van der Waals surface area contributed by atoms with Crippen LogP contribution in [0.15, 0.2) is 21.6 Å². The average Bonchev–Trinajstić information content (AvgIpc) is 3.07. The Morgan fingerprint density at radius 1 is 1.25 bits per heavy atom. The summed E-state index contributed by atoms with van der Waals surface area (Å²) in [6.45, 7) is 3.96. The summed E-state index contributed by atoms with van der Waals surface area (Å²) < 4.78 is 2.04. The van der Waals surface area contributed by atoms with Gasteiger partial charge in [0.25, 0.3) is 5.56 Å². The Hall–Kier alpha value is -1.99. The summed E-state index contributed by atoms with van der Waals surface area (Å²) in [7, 11) is 0. The lowest BCUT2D eigenvalue weighted by molar-refractivity contribution is 1.08. The fourth-order valence-electron chi connectivity index (χ4n) is 2.36. The Kier molecular flexibility index (Phi) is 2.36. The molecule has 7 heteroatoms. The van der Waals surface area contributed by atoms with Gasteiger partial charge < -0.3 is 4.98 Å². The van der Waals surface area contributed by atoms with Crippen LogP contribution in [0.1, 0.15) is 11.4 Å². The molecule has 0 bridgehead atoms. The second-order valence-corrected chi connectivity index (χ2v) is 6.33. The summed E-state index contributed by atoms with van der Waals surface area (Å²) >= 11 is 3.06. The van der Waals surface area contributed by atoms with Crippen LogP contribution in [-0.2, 0) is 0 Å². The van der Waals surface area contributed by atoms with E-state index in [1.165, 1.54) is 11.3 Å². The molecule has 1 N–H and O–H groups in total. The highest BCUT2D eigenvalue weighted by molar-refractivity contribution is 7.16. The number of aromatic amines is 1. The van der Waals surface area contributed by atoms with E-state index in [-0.39, 0.29) is 5.56 Å². The van der Waals surface area contributed by atoms with Crippen LogP contribution in [0.25, 0.3) is 26.7 Å². The minimum atomic E-state index is -0.103. The lowest BCUT2D eigenvalue weighted by Gasteiger charge is -2.02. The van der Waals surface area contributed by atoms with E-state index in [2.05, 4.69) is 15.0 Å². The lowest BCUT2D eigenvalue weighted by atomic mass is 10.3. The topological polar surface area (TPSA) is 63.1 Å². The van der Waals surface area contributed by atoms with Crippen LogP contribution in [0.3, 0.4) is 0 Å². The number of aromatic nitrogens is 4. The van der Waals surface area contributed by atoms with Crippen molar-refractivity contribution in [3.05, 3.63) is 38.6 Å². The number of nitrogens with one attached hydrogen (secondary N) is 1. The smallest absolute Gasteiger partial charge is 0.259 e. The zero-order valence-electron chi connectivity index (χ0n) is 10.8. The standard InChI is InChI=1S/C13H10N4OS2/c1-6-5-20-13-14-7(2)9(17(6)13)10-15-11(18)8-3-4-19-12(8)16-10/h3-5H,1-2H3,(H,15,16,18). The van der Waals surface area contributed by atoms with Gasteiger partial charge in [0.05, 0.1) is 11.1 Å². The molecule has 0 radical (unpaired) electrons. The largest absolute Gasteiger partial charge is 0.305 e. The molecule has 0 aliphatic heterocycles. The van der Waals surface area contributed by atoms with Gasteiger partial charge in [0.15, 0.2) is 10.8 Å². The third-order valence-electron chi connectivity index (χ3n) is 3.27. The van der Waals surface area contributed by atoms with E-state index in [1.807, 2.05) is 29.0 Å². The monoisotopic (exact) mass is 302 g/mol. The number of H-pyrrole nitrogens is 1. The Balaban J connectivity index is 2.12. The normalized spacial score (nSPS) is 11.7. The summed E-state index contributed by atoms with van der Waals surface area (Å²) in [5.41, 5.74) is 2.73. The van der Waals surface area contributed by atoms with Gasteiger partial charge in [-0.2, -0.15) is 0 Å². The predicted octanol–water partition coefficient (Wildman–Crippen LogP) is 2.98. The molecule has 0 spiro atoms. The fraction of sp³-hybridized carbons (Fsp3) is 0.154. The molecule has 5 nitrogen and oxygen atoms in total. The summed E-state index contributed by atoms with van der Waals surface area (Å²) in [6.07, 6.45) is 0. The average molecular weight is 302 g/mol. The molecule has 0 aromatic carbocycles. The highest BCUT2D eigenvalue weighted by Gasteiger charge is 2.17. The van der Waals surface area contributed by atoms with Gasteiger partial charge in [-0.05, 0) is 25.3 Å². The zero-order valence-corrected chi connectivity index (χ0v) is 12.4. The van der Waals surface area contributed by atoms with Gasteiger partial charge in [-0.15, -0.1) is 22.7 Å². The molecule has 0 saturated heterocycles. The molecule has 0 amide bonds. The predicted molar refractivity (Wildman–Crippen MR) is 81.8 cm³/mol. The first-order valence-corrected chi connectivity index (χ1v) is 7.82. The maximum Gasteiger partial charge on any atom is 0.259 e. The highest BCUT2D eigenvalue weighted by Crippen LogP contribution is 2.27. The van der Waals surface area contributed by atoms with Gasteiger partial charge >= 0.3 is 0 Å². The number of fused-ring (bicyclic) bond motifs is 2. The third-order valence-corrected chi connectivity index (χ3v) is 5.02. The van der Waals surface area contributed by atoms with Crippen LogP contribution < -0.4 is 5.56 Å². The summed E-state index contributed by atoms with van der Waals surface area (Å²) in [4.78, 5) is 25.8. The molecule has 100 valence electrons. The van der Waals surface area contributed by atoms with Crippen molar-refractivity contribution in [2.75, 3.05) is 0 Å². The van der Waals surface area contributed by atoms with Crippen molar-refractivity contribution >= 4 is 37.9 Å². The maximum atomic E-state index is 12.1. The van der Waals surface area contributed by atoms with Crippen LogP contribution in [0.2, 0.25) is 0 Å². The zero-order chi connectivity index (χ0) is 13.9. The first-order valence-electron chi connectivity index (χ1n) is 6.06. The molecule has 0 atom stereocenters. The van der Waals surface area contributed by atoms with Crippen molar-refractivity contribution in [2.24, 2.45) is 0 Å². The maximum absolute atomic E-state index is 12.1. The van der Waals surface area contributed by atoms with Crippen molar-refractivity contribution in [3.63, 3.8) is 0 Å². The molecule has 0 unspecified atom stereocenters. The van der Waals surface area contributed by atoms with Gasteiger partial charge in [0.1, 0.15) is 10.5 Å². The summed E-state index contributed by atoms with van der Waals surface area (Å²) in [5.74, 6) is 0.580. The molecule has 4 aromatic rings. The first-order chi connectivity index (χ1) is 9.65. The Labute approximate surface area is 121 Å². The van der Waals surface area contributed by atoms with Gasteiger partial charge in [-0.25, -0.2) is 9.97 Å². The van der Waals surface area contributed by atoms with Crippen molar-refractivity contribution in [2.45, 2.75) is 13.8 Å². The van der Waals surface area contributed by atoms with E-state index in [0.717, 1.165) is 26.9 Å². The number of hydrogen-bond acceptors (Lipinski definition) is 5. The molecule has 4 heterocycles. The molecule has 4 aromatic heterocycles. The van der Waals surface area contributed by atoms with Crippen molar-refractivity contribution in [1.82, 2.24) is 19.4 Å². The fourth-order valence-corrected chi connectivity index (χ4v) is 4.03. The quantitative estimate of drug-likeness (QED) is 0.588. The number of rotatable bonds is 1. The van der Waals surface area contributed by atoms with E-state index in [4.69, 9.17) is 0 Å². The second kappa shape index (κ2) is 4.00. The Morgan fingerprint density at radius 3 is 2.95 bits per heavy atom. The molecular weight excluding hydrogens is 292 g/mol. The number of hydrogen-bond donors (Lipinski definition) is 1. The number of thiazole rings is 1. The molecule has 0 aliphatic rings. The number of imidazole rings is 1. The third kappa shape index (κ3) is 1.50. The SMILES string of the molecule is Cc1nc2scc(C)n2c1-c1nc2sccc2c(=O)[nH]1. The van der Waals surface area contributed by atoms with Crippen LogP contribution in [-0.4, -0.2) is 19.4 Å². The summed E-state index contributed by atoms with van der Waals surface area (Å²) in [6, 6.07) is 1.80. The van der Waals surface area contributed by atoms with Gasteiger partial charge in [-0.1, -0.05) is 0 Å². The first kappa shape index (κ1) is 11.8. The Bertz CT molecular complexity index is 1000. The number of thiophene rings is 1. The van der Waals surface area contributed by atoms with Crippen LogP contribution in [0, 0.1) is 13.8 Å². The molecular formula is C13H10N4OS2. The number of nitrogens with zero attached hydrogens (tertiary/aromatic N) is 3. The van der Waals surface area contributed by atoms with Crippen molar-refractivity contribution in [3.8, 4) is 11.5 Å². The summed E-state index contributed by atoms with van der Waals surface area (Å²) in [5, 5.41) is 4.57. The van der Waals surface area contributed by atoms with Gasteiger partial charge in [0, 0.05) is 11.1 Å². The van der Waals surface area contributed by atoms with Gasteiger partial charge in [-0.3, -0.25) is 9.20 Å². The lowest BCUT2D eigenvalue weighted by Crippen LogP contribution is -2.09. The van der Waals surface area contributed by atoms with Crippen LogP contribution >= 0.6 is 22.7 Å². The van der Waals surface area contributed by atoms with E-state index < -0.39 is 0 Å². The van der Waals surface area contributed by atoms with Crippen molar-refractivity contribution in [1.29, 1.82) is 0 Å². The molecule has 0 fully saturated rings. The molecule has 0 aliphatic carbocycles. The Morgan fingerprint density at radius 2 is 2.10 bits per heavy atom. The second-order valence-electron chi connectivity index (χ2n) is 4.59. The molecule has 20 heavy (non-hydrogen) atoms. The van der Waals surface area contributed by atoms with E-state index in [1.54, 1.807) is 17.4 Å². The molecule has 4 rings (SSSR count). The molecule has 0 saturated carbocycles. The number of aryl methyl sites for hydroxylation is 2. The van der Waals surface area contributed by atoms with Crippen molar-refractivity contribution < 1.29 is 0 Å². The van der Waals surface area contributed by atoms with Crippen LogP contribution in [0.4, 0.5) is 0 Å². The van der Waals surface area contributed by atoms with Crippen LogP contribution in [0.5, 0.6) is 0 Å². The highest BCUT2D eigenvalue weighted by atomic mass is 32.1. The van der Waals surface area contributed by atoms with E-state index in [9.17, 15) is 4.79 Å². The minimum Gasteiger partial charge on any atom is -0.305 e. The van der Waals surface area contributed by atoms with E-state index in [0.29, 0.717) is 11.2 Å². The van der Waals surface area contributed by atoms with E-state index >= 15 is 0 Å². The van der Waals surface area contributed by atoms with Gasteiger partial charge in [0.2, 0.25) is 0 Å².